The van der Waals surface area contributed by atoms with Crippen molar-refractivity contribution in [3.63, 3.8) is 0 Å². The second-order valence-electron chi connectivity index (χ2n) is 12.2. The number of benzene rings is 2. The summed E-state index contributed by atoms with van der Waals surface area (Å²) in [7, 11) is 4.00. The highest BCUT2D eigenvalue weighted by Crippen LogP contribution is 2.48. The van der Waals surface area contributed by atoms with Crippen molar-refractivity contribution in [2.24, 2.45) is 5.41 Å². The van der Waals surface area contributed by atoms with Crippen molar-refractivity contribution in [2.75, 3.05) is 45.2 Å². The molecule has 13 heteroatoms. The molecule has 1 aliphatic carbocycles. The van der Waals surface area contributed by atoms with Crippen LogP contribution in [0.1, 0.15) is 31.2 Å². The first-order chi connectivity index (χ1) is 20.0. The van der Waals surface area contributed by atoms with Crippen molar-refractivity contribution in [3.8, 4) is 17.1 Å². The van der Waals surface area contributed by atoms with Gasteiger partial charge in [0.1, 0.15) is 11.3 Å². The van der Waals surface area contributed by atoms with E-state index in [0.717, 1.165) is 38.3 Å². The van der Waals surface area contributed by atoms with Crippen LogP contribution in [0.2, 0.25) is 5.02 Å². The van der Waals surface area contributed by atoms with Gasteiger partial charge in [-0.25, -0.2) is 4.39 Å². The van der Waals surface area contributed by atoms with Crippen molar-refractivity contribution in [1.82, 2.24) is 30.4 Å². The Morgan fingerprint density at radius 3 is 2.50 bits per heavy atom. The quantitative estimate of drug-likeness (QED) is 0.264. The lowest BCUT2D eigenvalue weighted by Gasteiger charge is -2.34. The molecule has 2 aromatic heterocycles. The molecule has 3 aliphatic rings. The molecular weight excluding hydrogens is 574 g/mol. The first-order valence-corrected chi connectivity index (χ1v) is 14.4. The Hall–Kier alpha value is -3.22. The van der Waals surface area contributed by atoms with E-state index in [9.17, 15) is 13.2 Å². The fraction of sp³-hybridized carbons (Fsp3) is 0.483. The van der Waals surface area contributed by atoms with E-state index >= 15 is 4.39 Å². The van der Waals surface area contributed by atoms with Crippen molar-refractivity contribution >= 4 is 39.2 Å². The van der Waals surface area contributed by atoms with E-state index in [0.29, 0.717) is 36.4 Å². The van der Waals surface area contributed by atoms with Crippen LogP contribution in [0.25, 0.3) is 32.9 Å². The maximum Gasteiger partial charge on any atom is 0.417 e. The van der Waals surface area contributed by atoms with Gasteiger partial charge in [0.15, 0.2) is 5.82 Å². The third kappa shape index (κ3) is 4.83. The van der Waals surface area contributed by atoms with E-state index in [1.54, 1.807) is 0 Å². The zero-order valence-corrected chi connectivity index (χ0v) is 23.9. The maximum absolute atomic E-state index is 16.7. The van der Waals surface area contributed by atoms with Crippen LogP contribution in [0, 0.1) is 11.2 Å². The zero-order chi connectivity index (χ0) is 29.4. The highest BCUT2D eigenvalue weighted by molar-refractivity contribution is 6.35. The molecule has 222 valence electrons. The second kappa shape index (κ2) is 9.92. The van der Waals surface area contributed by atoms with Gasteiger partial charge < -0.3 is 19.9 Å². The van der Waals surface area contributed by atoms with Gasteiger partial charge in [-0.3, -0.25) is 5.10 Å². The number of piperazine rings is 1. The summed E-state index contributed by atoms with van der Waals surface area (Å²) in [6.07, 6.45) is 0.521. The summed E-state index contributed by atoms with van der Waals surface area (Å²) in [5, 5.41) is 10.4. The van der Waals surface area contributed by atoms with Gasteiger partial charge in [0.25, 0.3) is 0 Å². The highest BCUT2D eigenvalue weighted by Gasteiger charge is 2.44. The molecule has 42 heavy (non-hydrogen) atoms. The molecule has 4 aromatic rings. The smallest absolute Gasteiger partial charge is 0.417 e. The average Bonchev–Trinajstić information content (AvgIpc) is 3.35. The minimum Gasteiger partial charge on any atom is -0.463 e. The van der Waals surface area contributed by atoms with E-state index in [1.165, 1.54) is 18.3 Å². The van der Waals surface area contributed by atoms with Gasteiger partial charge in [-0.05, 0) is 58.0 Å². The zero-order valence-electron chi connectivity index (χ0n) is 23.2. The van der Waals surface area contributed by atoms with Crippen LogP contribution in [-0.4, -0.2) is 77.5 Å². The third-order valence-corrected chi connectivity index (χ3v) is 8.95. The molecule has 0 unspecified atom stereocenters. The van der Waals surface area contributed by atoms with E-state index < -0.39 is 17.6 Å². The van der Waals surface area contributed by atoms with E-state index in [1.807, 2.05) is 14.1 Å². The number of nitrogens with one attached hydrogen (secondary N) is 2. The Labute approximate surface area is 244 Å². The molecule has 0 amide bonds. The van der Waals surface area contributed by atoms with Crippen molar-refractivity contribution in [1.29, 1.82) is 0 Å². The van der Waals surface area contributed by atoms with E-state index in [-0.39, 0.29) is 50.6 Å². The van der Waals surface area contributed by atoms with Crippen LogP contribution >= 0.6 is 11.6 Å². The van der Waals surface area contributed by atoms with Gasteiger partial charge in [-0.2, -0.15) is 28.2 Å². The maximum atomic E-state index is 16.7. The van der Waals surface area contributed by atoms with Crippen molar-refractivity contribution < 1.29 is 22.3 Å². The van der Waals surface area contributed by atoms with Gasteiger partial charge in [0.05, 0.1) is 28.9 Å². The number of aromatic nitrogens is 4. The number of hydrogen-bond acceptors (Lipinski definition) is 7. The number of anilines is 1. The third-order valence-electron chi connectivity index (χ3n) is 8.65. The van der Waals surface area contributed by atoms with Crippen LogP contribution in [-0.2, 0) is 6.18 Å². The summed E-state index contributed by atoms with van der Waals surface area (Å²) in [5.41, 5.74) is -1.62. The Kier molecular flexibility index (Phi) is 6.52. The van der Waals surface area contributed by atoms with Crippen LogP contribution < -0.4 is 15.0 Å². The minimum absolute atomic E-state index is 0.00172. The standard InChI is InChI=1S/C29H30ClF4N7O/c1-40(2)13-28(7-8-28)14-42-27-37-25-17(26(38-27)41-11-15-3-4-16(12-41)36-15)9-20(30)23(24(25)31)22-18-10-35-39-21(18)6-5-19(22)29(32,33)34/h5-6,9-10,15-16,36H,3-4,7-8,11-14H2,1-2H3,(H,35,39)/t15-,16+. The molecule has 0 spiro atoms. The highest BCUT2D eigenvalue weighted by atomic mass is 35.5. The summed E-state index contributed by atoms with van der Waals surface area (Å²) in [4.78, 5) is 13.4. The molecule has 2 N–H and O–H groups in total. The fourth-order valence-electron chi connectivity index (χ4n) is 6.60. The van der Waals surface area contributed by atoms with Gasteiger partial charge in [0, 0.05) is 59.0 Å². The number of aromatic amines is 1. The first kappa shape index (κ1) is 27.6. The number of ether oxygens (including phenoxy) is 1. The summed E-state index contributed by atoms with van der Waals surface area (Å²) >= 11 is 6.67. The second-order valence-corrected chi connectivity index (χ2v) is 12.6. The molecule has 8 nitrogen and oxygen atoms in total. The van der Waals surface area contributed by atoms with Crippen LogP contribution in [0.3, 0.4) is 0 Å². The Balaban J connectivity index is 1.40. The molecule has 0 radical (unpaired) electrons. The van der Waals surface area contributed by atoms with Gasteiger partial charge in [-0.1, -0.05) is 11.6 Å². The number of rotatable bonds is 7. The van der Waals surface area contributed by atoms with Gasteiger partial charge in [0.2, 0.25) is 0 Å². The lowest BCUT2D eigenvalue weighted by molar-refractivity contribution is -0.137. The van der Waals surface area contributed by atoms with E-state index in [4.69, 9.17) is 21.3 Å². The molecular formula is C29H30ClF4N7O. The topological polar surface area (TPSA) is 82.2 Å². The van der Waals surface area contributed by atoms with Crippen LogP contribution in [0.4, 0.5) is 23.4 Å². The molecule has 3 fully saturated rings. The van der Waals surface area contributed by atoms with Gasteiger partial charge >= 0.3 is 12.2 Å². The normalized spacial score (nSPS) is 21.6. The molecule has 2 aliphatic heterocycles. The monoisotopic (exact) mass is 603 g/mol. The average molecular weight is 604 g/mol. The fourth-order valence-corrected chi connectivity index (χ4v) is 6.89. The molecule has 2 atom stereocenters. The van der Waals surface area contributed by atoms with Crippen molar-refractivity contribution in [3.05, 3.63) is 40.8 Å². The number of fused-ring (bicyclic) bond motifs is 4. The molecule has 2 saturated heterocycles. The molecule has 1 saturated carbocycles. The lowest BCUT2D eigenvalue weighted by atomic mass is 9.94. The van der Waals surface area contributed by atoms with Crippen molar-refractivity contribution in [2.45, 2.75) is 43.9 Å². The SMILES string of the molecule is CN(C)CC1(COc2nc(N3C[C@H]4CC[C@@H](C3)N4)c3cc(Cl)c(-c4c(C(F)(F)F)ccc5[nH]ncc45)c(F)c3n2)CC1. The molecule has 7 rings (SSSR count). The van der Waals surface area contributed by atoms with E-state index in [2.05, 4.69) is 30.3 Å². The Morgan fingerprint density at radius 1 is 1.10 bits per heavy atom. The number of halogens is 5. The number of alkyl halides is 3. The first-order valence-electron chi connectivity index (χ1n) is 14.0. The summed E-state index contributed by atoms with van der Waals surface area (Å²) < 4.78 is 65.6. The van der Waals surface area contributed by atoms with Crippen LogP contribution in [0.5, 0.6) is 6.01 Å². The van der Waals surface area contributed by atoms with Gasteiger partial charge in [-0.15, -0.1) is 0 Å². The summed E-state index contributed by atoms with van der Waals surface area (Å²) in [6.45, 7) is 2.50. The lowest BCUT2D eigenvalue weighted by Crippen LogP contribution is -2.51. The number of hydrogen-bond donors (Lipinski definition) is 2. The molecule has 2 bridgehead atoms. The minimum atomic E-state index is -4.76. The molecule has 4 heterocycles. The predicted octanol–water partition coefficient (Wildman–Crippen LogP) is 5.65. The van der Waals surface area contributed by atoms with Crippen LogP contribution in [0.15, 0.2) is 24.4 Å². The largest absolute Gasteiger partial charge is 0.463 e. The summed E-state index contributed by atoms with van der Waals surface area (Å²) in [5.74, 6) is -0.492. The predicted molar refractivity (Wildman–Crippen MR) is 152 cm³/mol. The Bertz CT molecular complexity index is 1670. The number of nitrogens with zero attached hydrogens (tertiary/aromatic N) is 5. The number of H-pyrrole nitrogens is 1. The molecule has 2 aromatic carbocycles. The summed E-state index contributed by atoms with van der Waals surface area (Å²) in [6, 6.07) is 4.19. The Morgan fingerprint density at radius 2 is 1.83 bits per heavy atom.